The molecule has 3 heteroatoms. The Bertz CT molecular complexity index is 220. The van der Waals surface area contributed by atoms with E-state index in [1.165, 1.54) is 0 Å². The highest BCUT2D eigenvalue weighted by atomic mass is 14.8. The second kappa shape index (κ2) is 2.66. The van der Waals surface area contributed by atoms with Gasteiger partial charge in [0.05, 0.1) is 0 Å². The molecule has 0 radical (unpaired) electrons. The normalized spacial score (nSPS) is 13.0. The maximum absolute atomic E-state index is 5.60. The van der Waals surface area contributed by atoms with Gasteiger partial charge in [-0.25, -0.2) is 4.98 Å². The van der Waals surface area contributed by atoms with Gasteiger partial charge in [-0.15, -0.1) is 0 Å². The molecule has 0 aliphatic heterocycles. The van der Waals surface area contributed by atoms with E-state index in [9.17, 15) is 0 Å². The Hall–Kier alpha value is -1.09. The SMILES string of the molecule is C[C@H](N)c1ccnc(N)c1. The van der Waals surface area contributed by atoms with Crippen LogP contribution in [0.15, 0.2) is 18.3 Å². The zero-order valence-corrected chi connectivity index (χ0v) is 5.91. The Labute approximate surface area is 60.1 Å². The Morgan fingerprint density at radius 1 is 1.60 bits per heavy atom. The molecular formula is C7H11N3. The van der Waals surface area contributed by atoms with Crippen molar-refractivity contribution in [3.63, 3.8) is 0 Å². The molecule has 1 rings (SSSR count). The molecule has 1 aromatic rings. The summed E-state index contributed by atoms with van der Waals surface area (Å²) in [6, 6.07) is 3.68. The van der Waals surface area contributed by atoms with Crippen molar-refractivity contribution in [2.75, 3.05) is 5.73 Å². The summed E-state index contributed by atoms with van der Waals surface area (Å²) >= 11 is 0. The average Bonchev–Trinajstić information content (AvgIpc) is 1.88. The molecule has 3 nitrogen and oxygen atoms in total. The van der Waals surface area contributed by atoms with E-state index >= 15 is 0 Å². The first kappa shape index (κ1) is 7.02. The van der Waals surface area contributed by atoms with E-state index in [1.807, 2.05) is 13.0 Å². The van der Waals surface area contributed by atoms with Crippen LogP contribution in [-0.4, -0.2) is 4.98 Å². The molecule has 0 aliphatic rings. The van der Waals surface area contributed by atoms with Crippen molar-refractivity contribution >= 4 is 5.82 Å². The lowest BCUT2D eigenvalue weighted by molar-refractivity contribution is 0.816. The molecule has 1 atom stereocenters. The molecule has 54 valence electrons. The molecule has 0 bridgehead atoms. The third-order valence-electron chi connectivity index (χ3n) is 1.33. The van der Waals surface area contributed by atoms with Crippen molar-refractivity contribution in [2.24, 2.45) is 5.73 Å². The number of anilines is 1. The van der Waals surface area contributed by atoms with E-state index in [4.69, 9.17) is 11.5 Å². The summed E-state index contributed by atoms with van der Waals surface area (Å²) in [5.41, 5.74) is 12.0. The van der Waals surface area contributed by atoms with Gasteiger partial charge in [-0.3, -0.25) is 0 Å². The van der Waals surface area contributed by atoms with Crippen LogP contribution in [0.4, 0.5) is 5.82 Å². The van der Waals surface area contributed by atoms with E-state index in [0.717, 1.165) is 5.56 Å². The fourth-order valence-electron chi connectivity index (χ4n) is 0.749. The van der Waals surface area contributed by atoms with E-state index in [0.29, 0.717) is 5.82 Å². The molecule has 10 heavy (non-hydrogen) atoms. The summed E-state index contributed by atoms with van der Waals surface area (Å²) in [6.07, 6.45) is 1.66. The Kier molecular flexibility index (Phi) is 1.87. The summed E-state index contributed by atoms with van der Waals surface area (Å²) in [5, 5.41) is 0. The highest BCUT2D eigenvalue weighted by molar-refractivity contribution is 5.32. The van der Waals surface area contributed by atoms with Gasteiger partial charge in [0.25, 0.3) is 0 Å². The first-order chi connectivity index (χ1) is 4.70. The van der Waals surface area contributed by atoms with Crippen molar-refractivity contribution in [3.05, 3.63) is 23.9 Å². The van der Waals surface area contributed by atoms with Gasteiger partial charge in [0.15, 0.2) is 0 Å². The zero-order chi connectivity index (χ0) is 7.56. The molecule has 4 N–H and O–H groups in total. The summed E-state index contributed by atoms with van der Waals surface area (Å²) in [4.78, 5) is 3.84. The minimum atomic E-state index is 0.0327. The van der Waals surface area contributed by atoms with E-state index in [2.05, 4.69) is 4.98 Å². The molecule has 1 aromatic heterocycles. The van der Waals surface area contributed by atoms with Crippen LogP contribution in [0, 0.1) is 0 Å². The highest BCUT2D eigenvalue weighted by Gasteiger charge is 1.97. The molecule has 0 spiro atoms. The van der Waals surface area contributed by atoms with Crippen molar-refractivity contribution in [2.45, 2.75) is 13.0 Å². The van der Waals surface area contributed by atoms with Gasteiger partial charge in [0, 0.05) is 12.2 Å². The Morgan fingerprint density at radius 2 is 2.30 bits per heavy atom. The number of pyridine rings is 1. The zero-order valence-electron chi connectivity index (χ0n) is 5.91. The van der Waals surface area contributed by atoms with Gasteiger partial charge < -0.3 is 11.5 Å². The first-order valence-corrected chi connectivity index (χ1v) is 3.17. The van der Waals surface area contributed by atoms with Gasteiger partial charge in [-0.1, -0.05) is 0 Å². The van der Waals surface area contributed by atoms with Crippen molar-refractivity contribution in [1.29, 1.82) is 0 Å². The lowest BCUT2D eigenvalue weighted by Crippen LogP contribution is -2.05. The third kappa shape index (κ3) is 1.45. The van der Waals surface area contributed by atoms with E-state index < -0.39 is 0 Å². The van der Waals surface area contributed by atoms with Gasteiger partial charge in [-0.2, -0.15) is 0 Å². The predicted molar refractivity (Wildman–Crippen MR) is 41.3 cm³/mol. The molecule has 0 aliphatic carbocycles. The standard InChI is InChI=1S/C7H11N3/c1-5(8)6-2-3-10-7(9)4-6/h2-5H,8H2,1H3,(H2,9,10)/t5-/m0/s1. The van der Waals surface area contributed by atoms with Gasteiger partial charge in [-0.05, 0) is 24.6 Å². The maximum atomic E-state index is 5.60. The summed E-state index contributed by atoms with van der Waals surface area (Å²) < 4.78 is 0. The minimum Gasteiger partial charge on any atom is -0.384 e. The lowest BCUT2D eigenvalue weighted by Gasteiger charge is -2.03. The van der Waals surface area contributed by atoms with Crippen LogP contribution in [0.3, 0.4) is 0 Å². The van der Waals surface area contributed by atoms with E-state index in [-0.39, 0.29) is 6.04 Å². The molecule has 0 saturated carbocycles. The maximum Gasteiger partial charge on any atom is 0.123 e. The van der Waals surface area contributed by atoms with Crippen LogP contribution in [0.2, 0.25) is 0 Å². The fourth-order valence-corrected chi connectivity index (χ4v) is 0.749. The molecule has 0 amide bonds. The monoisotopic (exact) mass is 137 g/mol. The highest BCUT2D eigenvalue weighted by Crippen LogP contribution is 2.09. The van der Waals surface area contributed by atoms with Gasteiger partial charge in [0.1, 0.15) is 5.82 Å². The van der Waals surface area contributed by atoms with Gasteiger partial charge >= 0.3 is 0 Å². The van der Waals surface area contributed by atoms with Crippen LogP contribution in [0.5, 0.6) is 0 Å². The molecule has 0 fully saturated rings. The van der Waals surface area contributed by atoms with Crippen LogP contribution in [-0.2, 0) is 0 Å². The van der Waals surface area contributed by atoms with Crippen molar-refractivity contribution in [3.8, 4) is 0 Å². The average molecular weight is 137 g/mol. The number of nitrogens with two attached hydrogens (primary N) is 2. The smallest absolute Gasteiger partial charge is 0.123 e. The molecule has 0 saturated heterocycles. The molecule has 0 unspecified atom stereocenters. The number of nitrogen functional groups attached to an aromatic ring is 1. The van der Waals surface area contributed by atoms with Gasteiger partial charge in [0.2, 0.25) is 0 Å². The summed E-state index contributed by atoms with van der Waals surface area (Å²) in [7, 11) is 0. The second-order valence-corrected chi connectivity index (χ2v) is 2.30. The number of rotatable bonds is 1. The predicted octanol–water partition coefficient (Wildman–Crippen LogP) is 0.684. The number of hydrogen-bond acceptors (Lipinski definition) is 3. The molecule has 1 heterocycles. The third-order valence-corrected chi connectivity index (χ3v) is 1.33. The van der Waals surface area contributed by atoms with Crippen molar-refractivity contribution in [1.82, 2.24) is 4.98 Å². The Morgan fingerprint density at radius 3 is 2.70 bits per heavy atom. The van der Waals surface area contributed by atoms with Crippen LogP contribution in [0.25, 0.3) is 0 Å². The number of aromatic nitrogens is 1. The quantitative estimate of drug-likeness (QED) is 0.598. The Balaban J connectivity index is 2.96. The minimum absolute atomic E-state index is 0.0327. The fraction of sp³-hybridized carbons (Fsp3) is 0.286. The lowest BCUT2D eigenvalue weighted by atomic mass is 10.1. The number of nitrogens with zero attached hydrogens (tertiary/aromatic N) is 1. The van der Waals surface area contributed by atoms with Crippen LogP contribution >= 0.6 is 0 Å². The largest absolute Gasteiger partial charge is 0.384 e. The van der Waals surface area contributed by atoms with Crippen LogP contribution in [0.1, 0.15) is 18.5 Å². The first-order valence-electron chi connectivity index (χ1n) is 3.17. The molecular weight excluding hydrogens is 126 g/mol. The topological polar surface area (TPSA) is 64.9 Å². The van der Waals surface area contributed by atoms with Crippen molar-refractivity contribution < 1.29 is 0 Å². The van der Waals surface area contributed by atoms with Crippen LogP contribution < -0.4 is 11.5 Å². The summed E-state index contributed by atoms with van der Waals surface area (Å²) in [5.74, 6) is 0.523. The summed E-state index contributed by atoms with van der Waals surface area (Å²) in [6.45, 7) is 1.91. The van der Waals surface area contributed by atoms with E-state index in [1.54, 1.807) is 12.3 Å². The molecule has 0 aromatic carbocycles. The number of hydrogen-bond donors (Lipinski definition) is 2. The second-order valence-electron chi connectivity index (χ2n) is 2.30.